The van der Waals surface area contributed by atoms with Crippen molar-refractivity contribution in [3.63, 3.8) is 0 Å². The summed E-state index contributed by atoms with van der Waals surface area (Å²) in [5.41, 5.74) is 1.46. The maximum Gasteiger partial charge on any atom is 0.218 e. The van der Waals surface area contributed by atoms with Crippen LogP contribution in [0, 0.1) is 5.82 Å². The maximum absolute atomic E-state index is 13.3. The molecule has 0 aliphatic carbocycles. The third-order valence-corrected chi connectivity index (χ3v) is 5.45. The molecular formula is C20H13BrFN3OS. The highest BCUT2D eigenvalue weighted by atomic mass is 79.9. The minimum absolute atomic E-state index is 0.0750. The lowest BCUT2D eigenvalue weighted by atomic mass is 10.2. The predicted octanol–water partition coefficient (Wildman–Crippen LogP) is 7.34. The van der Waals surface area contributed by atoms with Crippen LogP contribution in [0.5, 0.6) is 5.88 Å². The van der Waals surface area contributed by atoms with Gasteiger partial charge in [-0.15, -0.1) is 5.11 Å². The number of benzene rings is 3. The molecule has 3 aromatic carbocycles. The largest absolute Gasteiger partial charge is 0.493 e. The predicted molar refractivity (Wildman–Crippen MR) is 109 cm³/mol. The first-order chi connectivity index (χ1) is 13.1. The Balaban J connectivity index is 1.76. The molecule has 1 aromatic heterocycles. The van der Waals surface area contributed by atoms with Crippen molar-refractivity contribution < 1.29 is 9.50 Å². The van der Waals surface area contributed by atoms with Gasteiger partial charge in [0, 0.05) is 25.7 Å². The van der Waals surface area contributed by atoms with Crippen LogP contribution in [0.2, 0.25) is 0 Å². The number of hydrogen-bond acceptors (Lipinski definition) is 4. The van der Waals surface area contributed by atoms with Gasteiger partial charge in [-0.05, 0) is 48.5 Å². The summed E-state index contributed by atoms with van der Waals surface area (Å²) in [6.45, 7) is 0. The Morgan fingerprint density at radius 3 is 2.52 bits per heavy atom. The van der Waals surface area contributed by atoms with E-state index < -0.39 is 0 Å². The number of aromatic amines is 1. The standard InChI is InChI=1S/C20H13BrFN3OS/c21-12-7-9-15(10-8-12)27-17-6-2-5-16-18(17)19(20(26)23-16)25-24-14-4-1-3-13(22)11-14/h1-11,23,26H. The SMILES string of the molecule is Oc1[nH]c2cccc(Sc3ccc(Br)cc3)c2c1N=Nc1cccc(F)c1. The Bertz CT molecular complexity index is 1140. The van der Waals surface area contributed by atoms with Gasteiger partial charge in [0.05, 0.1) is 11.2 Å². The van der Waals surface area contributed by atoms with E-state index >= 15 is 0 Å². The van der Waals surface area contributed by atoms with Gasteiger partial charge < -0.3 is 10.1 Å². The monoisotopic (exact) mass is 441 g/mol. The van der Waals surface area contributed by atoms with E-state index in [1.54, 1.807) is 23.9 Å². The summed E-state index contributed by atoms with van der Waals surface area (Å²) in [5, 5.41) is 19.3. The summed E-state index contributed by atoms with van der Waals surface area (Å²) in [6, 6.07) is 19.5. The zero-order valence-corrected chi connectivity index (χ0v) is 16.3. The third kappa shape index (κ3) is 3.89. The highest BCUT2D eigenvalue weighted by Gasteiger charge is 2.15. The molecule has 0 fully saturated rings. The van der Waals surface area contributed by atoms with Gasteiger partial charge in [0.15, 0.2) is 5.69 Å². The van der Waals surface area contributed by atoms with Gasteiger partial charge in [-0.2, -0.15) is 5.11 Å². The van der Waals surface area contributed by atoms with E-state index in [0.29, 0.717) is 11.4 Å². The van der Waals surface area contributed by atoms with Gasteiger partial charge in [-0.25, -0.2) is 4.39 Å². The maximum atomic E-state index is 13.3. The first kappa shape index (κ1) is 17.8. The molecule has 0 unspecified atom stereocenters. The molecule has 7 heteroatoms. The molecule has 0 saturated heterocycles. The van der Waals surface area contributed by atoms with Crippen molar-refractivity contribution in [1.82, 2.24) is 4.98 Å². The second-order valence-corrected chi connectivity index (χ2v) is 7.77. The zero-order chi connectivity index (χ0) is 18.8. The third-order valence-electron chi connectivity index (χ3n) is 3.86. The number of azo groups is 1. The Morgan fingerprint density at radius 1 is 0.963 bits per heavy atom. The fourth-order valence-electron chi connectivity index (χ4n) is 2.64. The van der Waals surface area contributed by atoms with E-state index in [1.807, 2.05) is 42.5 Å². The zero-order valence-electron chi connectivity index (χ0n) is 13.9. The Kier molecular flexibility index (Phi) is 4.96. The first-order valence-corrected chi connectivity index (χ1v) is 9.65. The van der Waals surface area contributed by atoms with Gasteiger partial charge in [-0.3, -0.25) is 0 Å². The Labute approximate surface area is 167 Å². The molecule has 4 rings (SSSR count). The molecule has 0 saturated carbocycles. The molecule has 0 aliphatic rings. The van der Waals surface area contributed by atoms with E-state index in [0.717, 1.165) is 25.2 Å². The summed E-state index contributed by atoms with van der Waals surface area (Å²) in [7, 11) is 0. The van der Waals surface area contributed by atoms with Crippen molar-refractivity contribution >= 4 is 50.0 Å². The average molecular weight is 442 g/mol. The summed E-state index contributed by atoms with van der Waals surface area (Å²) >= 11 is 5.00. The molecule has 134 valence electrons. The molecule has 1 heterocycles. The first-order valence-electron chi connectivity index (χ1n) is 8.04. The van der Waals surface area contributed by atoms with Crippen LogP contribution in [0.3, 0.4) is 0 Å². The quantitative estimate of drug-likeness (QED) is 0.325. The van der Waals surface area contributed by atoms with Crippen molar-refractivity contribution in [3.05, 3.63) is 77.0 Å². The number of fused-ring (bicyclic) bond motifs is 1. The van der Waals surface area contributed by atoms with E-state index in [2.05, 4.69) is 31.1 Å². The minimum atomic E-state index is -0.388. The van der Waals surface area contributed by atoms with Crippen LogP contribution in [-0.2, 0) is 0 Å². The van der Waals surface area contributed by atoms with Crippen LogP contribution in [0.1, 0.15) is 0 Å². The lowest BCUT2D eigenvalue weighted by molar-refractivity contribution is 0.459. The molecule has 0 bridgehead atoms. The Hall–Kier alpha value is -2.64. The van der Waals surface area contributed by atoms with E-state index in [-0.39, 0.29) is 11.7 Å². The molecule has 0 aliphatic heterocycles. The number of halogens is 2. The molecule has 4 nitrogen and oxygen atoms in total. The van der Waals surface area contributed by atoms with Crippen molar-refractivity contribution in [3.8, 4) is 5.88 Å². The van der Waals surface area contributed by atoms with Crippen molar-refractivity contribution in [1.29, 1.82) is 0 Å². The van der Waals surface area contributed by atoms with Crippen LogP contribution in [-0.4, -0.2) is 10.1 Å². The lowest BCUT2D eigenvalue weighted by Crippen LogP contribution is -1.76. The average Bonchev–Trinajstić information content (AvgIpc) is 2.98. The molecule has 0 atom stereocenters. The smallest absolute Gasteiger partial charge is 0.218 e. The molecule has 4 aromatic rings. The number of rotatable bonds is 4. The summed E-state index contributed by atoms with van der Waals surface area (Å²) in [4.78, 5) is 4.90. The van der Waals surface area contributed by atoms with Crippen LogP contribution in [0.15, 0.2) is 91.2 Å². The summed E-state index contributed by atoms with van der Waals surface area (Å²) < 4.78 is 14.3. The topological polar surface area (TPSA) is 60.7 Å². The highest BCUT2D eigenvalue weighted by molar-refractivity contribution is 9.10. The van der Waals surface area contributed by atoms with Gasteiger partial charge in [0.2, 0.25) is 5.88 Å². The van der Waals surface area contributed by atoms with Gasteiger partial charge >= 0.3 is 0 Å². The normalized spacial score (nSPS) is 11.5. The number of hydrogen-bond donors (Lipinski definition) is 2. The summed E-state index contributed by atoms with van der Waals surface area (Å²) in [6.07, 6.45) is 0. The minimum Gasteiger partial charge on any atom is -0.493 e. The Morgan fingerprint density at radius 2 is 1.74 bits per heavy atom. The van der Waals surface area contributed by atoms with Crippen LogP contribution < -0.4 is 0 Å². The number of nitrogens with zero attached hydrogens (tertiary/aromatic N) is 2. The molecule has 0 radical (unpaired) electrons. The van der Waals surface area contributed by atoms with Gasteiger partial charge in [0.1, 0.15) is 5.82 Å². The number of aromatic nitrogens is 1. The number of nitrogens with one attached hydrogen (secondary N) is 1. The second-order valence-electron chi connectivity index (χ2n) is 5.74. The lowest BCUT2D eigenvalue weighted by Gasteiger charge is -2.04. The fraction of sp³-hybridized carbons (Fsp3) is 0. The summed E-state index contributed by atoms with van der Waals surface area (Å²) in [5.74, 6) is -0.463. The molecule has 27 heavy (non-hydrogen) atoms. The van der Waals surface area contributed by atoms with E-state index in [4.69, 9.17) is 0 Å². The fourth-order valence-corrected chi connectivity index (χ4v) is 3.89. The van der Waals surface area contributed by atoms with Crippen molar-refractivity contribution in [2.45, 2.75) is 9.79 Å². The van der Waals surface area contributed by atoms with Crippen LogP contribution >= 0.6 is 27.7 Å². The second kappa shape index (κ2) is 7.54. The molecular weight excluding hydrogens is 429 g/mol. The van der Waals surface area contributed by atoms with Crippen molar-refractivity contribution in [2.75, 3.05) is 0 Å². The van der Waals surface area contributed by atoms with Crippen molar-refractivity contribution in [2.24, 2.45) is 10.2 Å². The van der Waals surface area contributed by atoms with Gasteiger partial charge in [-0.1, -0.05) is 39.8 Å². The number of H-pyrrole nitrogens is 1. The molecule has 2 N–H and O–H groups in total. The van der Waals surface area contributed by atoms with E-state index in [1.165, 1.54) is 12.1 Å². The highest BCUT2D eigenvalue weighted by Crippen LogP contribution is 2.43. The van der Waals surface area contributed by atoms with E-state index in [9.17, 15) is 9.50 Å². The molecule has 0 spiro atoms. The van der Waals surface area contributed by atoms with Crippen LogP contribution in [0.25, 0.3) is 10.9 Å². The molecule has 0 amide bonds. The van der Waals surface area contributed by atoms with Gasteiger partial charge in [0.25, 0.3) is 0 Å². The van der Waals surface area contributed by atoms with Crippen LogP contribution in [0.4, 0.5) is 15.8 Å². The number of aromatic hydroxyl groups is 1.